The first-order valence-corrected chi connectivity index (χ1v) is 7.91. The van der Waals surface area contributed by atoms with Crippen molar-refractivity contribution in [3.05, 3.63) is 35.4 Å². The molecule has 1 atom stereocenters. The monoisotopic (exact) mass is 511 g/mol. The van der Waals surface area contributed by atoms with E-state index in [9.17, 15) is 13.6 Å². The van der Waals surface area contributed by atoms with Crippen LogP contribution in [0.15, 0.2) is 12.1 Å². The van der Waals surface area contributed by atoms with Crippen LogP contribution >= 0.6 is 22.6 Å². The summed E-state index contributed by atoms with van der Waals surface area (Å²) in [6.45, 7) is 1.96. The zero-order chi connectivity index (χ0) is 16.3. The van der Waals surface area contributed by atoms with Crippen LogP contribution in [0.2, 0.25) is 0 Å². The third-order valence-corrected chi connectivity index (χ3v) is 4.14. The van der Waals surface area contributed by atoms with E-state index in [0.717, 1.165) is 12.1 Å². The van der Waals surface area contributed by atoms with Crippen molar-refractivity contribution in [3.63, 3.8) is 0 Å². The molecule has 1 aliphatic heterocycles. The number of methoxy groups -OCH3 is 1. The predicted molar refractivity (Wildman–Crippen MR) is 85.3 cm³/mol. The first-order valence-electron chi connectivity index (χ1n) is 6.67. The van der Waals surface area contributed by atoms with Gasteiger partial charge in [0.15, 0.2) is 6.79 Å². The second-order valence-electron chi connectivity index (χ2n) is 4.59. The molecule has 4 nitrogen and oxygen atoms in total. The SMILES string of the molecule is CCN1C(=O)C(I)C[C-]=C1c1c(F)cc(OCOC)cc1F.[Y]. The maximum Gasteiger partial charge on any atom is 0.235 e. The van der Waals surface area contributed by atoms with Gasteiger partial charge in [-0.15, -0.1) is 5.70 Å². The van der Waals surface area contributed by atoms with E-state index in [1.165, 1.54) is 12.0 Å². The second-order valence-corrected chi connectivity index (χ2v) is 6.10. The van der Waals surface area contributed by atoms with E-state index < -0.39 is 11.6 Å². The van der Waals surface area contributed by atoms with E-state index in [-0.39, 0.29) is 66.3 Å². The molecule has 1 unspecified atom stereocenters. The minimum absolute atomic E-state index is 0. The second kappa shape index (κ2) is 9.39. The summed E-state index contributed by atoms with van der Waals surface area (Å²) in [6, 6.07) is 2.14. The van der Waals surface area contributed by atoms with E-state index in [2.05, 4.69) is 6.08 Å². The van der Waals surface area contributed by atoms with Crippen molar-refractivity contribution in [1.29, 1.82) is 0 Å². The Morgan fingerprint density at radius 2 is 2.00 bits per heavy atom. The molecule has 1 heterocycles. The molecule has 1 aromatic carbocycles. The Hall–Kier alpha value is -0.116. The third kappa shape index (κ3) is 4.70. The van der Waals surface area contributed by atoms with Crippen molar-refractivity contribution in [2.45, 2.75) is 17.3 Å². The molecule has 0 bridgehead atoms. The first-order chi connectivity index (χ1) is 10.5. The number of allylic oxidation sites excluding steroid dienone is 1. The molecule has 1 aromatic rings. The molecule has 1 radical (unpaired) electrons. The summed E-state index contributed by atoms with van der Waals surface area (Å²) >= 11 is 2.00. The van der Waals surface area contributed by atoms with Crippen LogP contribution in [0.4, 0.5) is 8.78 Å². The van der Waals surface area contributed by atoms with Crippen molar-refractivity contribution in [2.24, 2.45) is 0 Å². The van der Waals surface area contributed by atoms with Gasteiger partial charge in [0.2, 0.25) is 5.91 Å². The molecule has 1 aliphatic rings. The summed E-state index contributed by atoms with van der Waals surface area (Å²) in [6.07, 6.45) is 3.26. The van der Waals surface area contributed by atoms with Gasteiger partial charge < -0.3 is 14.4 Å². The Morgan fingerprint density at radius 3 is 2.52 bits per heavy atom. The molecule has 0 saturated heterocycles. The standard InChI is InChI=1S/C15H15F2INO3.Y/c1-3-19-13(5-4-12(18)15(19)20)14-10(16)6-9(7-11(14)17)22-8-21-2;/h6-7,12H,3-4,8H2,1-2H3;/q-1;. The number of carbonyl (C=O) groups excluding carboxylic acids is 1. The molecule has 0 spiro atoms. The Kier molecular flexibility index (Phi) is 8.54. The molecule has 23 heavy (non-hydrogen) atoms. The molecule has 1 amide bonds. The van der Waals surface area contributed by atoms with E-state index >= 15 is 0 Å². The average molecular weight is 511 g/mol. The summed E-state index contributed by atoms with van der Waals surface area (Å²) in [5, 5.41) is 0. The van der Waals surface area contributed by atoms with Crippen LogP contribution in [0.5, 0.6) is 5.75 Å². The number of hydrogen-bond acceptors (Lipinski definition) is 3. The smallest absolute Gasteiger partial charge is 0.235 e. The quantitative estimate of drug-likeness (QED) is 0.264. The van der Waals surface area contributed by atoms with Crippen molar-refractivity contribution in [3.8, 4) is 5.75 Å². The van der Waals surface area contributed by atoms with Gasteiger partial charge in [-0.25, -0.2) is 14.9 Å². The third-order valence-electron chi connectivity index (χ3n) is 3.16. The molecule has 2 rings (SSSR count). The zero-order valence-corrected chi connectivity index (χ0v) is 17.7. The summed E-state index contributed by atoms with van der Waals surface area (Å²) in [4.78, 5) is 13.5. The minimum Gasteiger partial charge on any atom is -0.467 e. The first kappa shape index (κ1) is 20.9. The van der Waals surface area contributed by atoms with E-state index in [0.29, 0.717) is 13.0 Å². The van der Waals surface area contributed by atoms with E-state index in [4.69, 9.17) is 9.47 Å². The van der Waals surface area contributed by atoms with Crippen molar-refractivity contribution < 1.29 is 55.8 Å². The van der Waals surface area contributed by atoms with Crippen LogP contribution in [0, 0.1) is 17.7 Å². The van der Waals surface area contributed by atoms with Gasteiger partial charge in [-0.05, 0) is 19.1 Å². The van der Waals surface area contributed by atoms with Crippen LogP contribution in [0.3, 0.4) is 0 Å². The minimum atomic E-state index is -0.799. The molecule has 0 aliphatic carbocycles. The van der Waals surface area contributed by atoms with E-state index in [1.807, 2.05) is 22.6 Å². The van der Waals surface area contributed by atoms with Crippen LogP contribution in [-0.4, -0.2) is 35.2 Å². The number of rotatable bonds is 5. The largest absolute Gasteiger partial charge is 0.467 e. The Balaban J connectivity index is 0.00000264. The van der Waals surface area contributed by atoms with Crippen molar-refractivity contribution in [2.75, 3.05) is 20.4 Å². The van der Waals surface area contributed by atoms with Crippen LogP contribution in [-0.2, 0) is 42.2 Å². The summed E-state index contributed by atoms with van der Waals surface area (Å²) in [7, 11) is 1.41. The molecule has 0 fully saturated rings. The normalized spacial score (nSPS) is 17.6. The summed E-state index contributed by atoms with van der Waals surface area (Å²) in [5.41, 5.74) is -0.114. The van der Waals surface area contributed by atoms with Crippen LogP contribution < -0.4 is 4.74 Å². The molecule has 8 heteroatoms. The molecule has 0 N–H and O–H groups in total. The van der Waals surface area contributed by atoms with Gasteiger partial charge in [0.05, 0.1) is 15.6 Å². The number of hydrogen-bond donors (Lipinski definition) is 0. The topological polar surface area (TPSA) is 38.8 Å². The van der Waals surface area contributed by atoms with Crippen molar-refractivity contribution in [1.82, 2.24) is 4.90 Å². The fourth-order valence-corrected chi connectivity index (χ4v) is 2.73. The number of nitrogens with zero attached hydrogens (tertiary/aromatic N) is 1. The Morgan fingerprint density at radius 1 is 1.39 bits per heavy atom. The number of amides is 1. The predicted octanol–water partition coefficient (Wildman–Crippen LogP) is 3.14. The maximum atomic E-state index is 14.3. The number of alkyl halides is 1. The Labute approximate surface area is 172 Å². The summed E-state index contributed by atoms with van der Waals surface area (Å²) in [5.74, 6) is -1.74. The number of benzene rings is 1. The van der Waals surface area contributed by atoms with Gasteiger partial charge in [0.25, 0.3) is 0 Å². The number of halogens is 3. The molecular formula is C15H15F2INO3Y-. The zero-order valence-electron chi connectivity index (χ0n) is 12.7. The molecule has 0 aromatic heterocycles. The molecular weight excluding hydrogens is 496 g/mol. The van der Waals surface area contributed by atoms with Gasteiger partial charge in [-0.3, -0.25) is 4.79 Å². The van der Waals surface area contributed by atoms with Gasteiger partial charge in [0.1, 0.15) is 5.75 Å². The van der Waals surface area contributed by atoms with Gasteiger partial charge in [-0.1, -0.05) is 34.6 Å². The maximum absolute atomic E-state index is 14.3. The van der Waals surface area contributed by atoms with Gasteiger partial charge in [0, 0.05) is 46.4 Å². The van der Waals surface area contributed by atoms with Gasteiger partial charge >= 0.3 is 0 Å². The summed E-state index contributed by atoms with van der Waals surface area (Å²) < 4.78 is 38.1. The van der Waals surface area contributed by atoms with Crippen LogP contribution in [0.25, 0.3) is 5.70 Å². The average Bonchev–Trinajstić information content (AvgIpc) is 2.48. The van der Waals surface area contributed by atoms with E-state index in [1.54, 1.807) is 6.92 Å². The number of ether oxygens (including phenoxy) is 2. The molecule has 0 saturated carbocycles. The van der Waals surface area contributed by atoms with Crippen LogP contribution in [0.1, 0.15) is 18.9 Å². The fraction of sp³-hybridized carbons (Fsp3) is 0.400. The van der Waals surface area contributed by atoms with Gasteiger partial charge in [-0.2, -0.15) is 0 Å². The Bertz CT molecular complexity index is 589. The number of carbonyl (C=O) groups is 1. The molecule has 123 valence electrons. The fourth-order valence-electron chi connectivity index (χ4n) is 2.17. The van der Waals surface area contributed by atoms with Crippen molar-refractivity contribution >= 4 is 34.2 Å².